The molecule has 0 spiro atoms. The van der Waals surface area contributed by atoms with Crippen LogP contribution in [0.2, 0.25) is 0 Å². The van der Waals surface area contributed by atoms with Gasteiger partial charge in [0.2, 0.25) is 5.91 Å². The Morgan fingerprint density at radius 1 is 1.55 bits per heavy atom. The van der Waals surface area contributed by atoms with Crippen LogP contribution in [0.15, 0.2) is 24.3 Å². The van der Waals surface area contributed by atoms with Crippen molar-refractivity contribution in [2.45, 2.75) is 38.0 Å². The first-order chi connectivity index (χ1) is 10.6. The summed E-state index contributed by atoms with van der Waals surface area (Å²) in [6.07, 6.45) is 2.28. The van der Waals surface area contributed by atoms with Gasteiger partial charge in [0.15, 0.2) is 0 Å². The van der Waals surface area contributed by atoms with E-state index in [0.717, 1.165) is 30.7 Å². The largest absolute Gasteiger partial charge is 0.332 e. The van der Waals surface area contributed by atoms with Gasteiger partial charge in [-0.05, 0) is 36.8 Å². The van der Waals surface area contributed by atoms with E-state index in [9.17, 15) is 9.18 Å². The number of rotatable bonds is 6. The summed E-state index contributed by atoms with van der Waals surface area (Å²) >= 11 is 1.72. The van der Waals surface area contributed by atoms with Crippen LogP contribution >= 0.6 is 11.8 Å². The zero-order valence-electron chi connectivity index (χ0n) is 13.3. The van der Waals surface area contributed by atoms with Crippen molar-refractivity contribution < 1.29 is 9.18 Å². The van der Waals surface area contributed by atoms with Crippen LogP contribution in [0.4, 0.5) is 4.39 Å². The molecule has 2 atom stereocenters. The maximum atomic E-state index is 13.5. The van der Waals surface area contributed by atoms with Crippen LogP contribution in [-0.4, -0.2) is 41.4 Å². The summed E-state index contributed by atoms with van der Waals surface area (Å²) < 4.78 is 13.5. The molecule has 0 bridgehead atoms. The lowest BCUT2D eigenvalue weighted by Crippen LogP contribution is -2.50. The molecular formula is C17H25FN2OS. The van der Waals surface area contributed by atoms with Crippen LogP contribution < -0.4 is 5.32 Å². The van der Waals surface area contributed by atoms with Crippen LogP contribution in [0.25, 0.3) is 0 Å². The molecule has 2 unspecified atom stereocenters. The van der Waals surface area contributed by atoms with Crippen LogP contribution in [0, 0.1) is 5.82 Å². The fourth-order valence-electron chi connectivity index (χ4n) is 2.69. The molecule has 1 saturated heterocycles. The van der Waals surface area contributed by atoms with Crippen molar-refractivity contribution in [1.29, 1.82) is 0 Å². The van der Waals surface area contributed by atoms with Crippen molar-refractivity contribution >= 4 is 17.7 Å². The summed E-state index contributed by atoms with van der Waals surface area (Å²) in [7, 11) is 0. The molecular weight excluding hydrogens is 299 g/mol. The minimum Gasteiger partial charge on any atom is -0.332 e. The average Bonchev–Trinajstić information content (AvgIpc) is 2.54. The Morgan fingerprint density at radius 3 is 3.09 bits per heavy atom. The minimum atomic E-state index is -0.249. The van der Waals surface area contributed by atoms with E-state index in [1.165, 1.54) is 12.1 Å². The molecule has 3 nitrogen and oxygen atoms in total. The van der Waals surface area contributed by atoms with E-state index in [0.29, 0.717) is 13.1 Å². The van der Waals surface area contributed by atoms with Gasteiger partial charge in [-0.1, -0.05) is 25.5 Å². The number of nitrogens with one attached hydrogen (secondary N) is 1. The molecule has 1 heterocycles. The molecule has 5 heteroatoms. The molecule has 1 aliphatic rings. The van der Waals surface area contributed by atoms with E-state index < -0.39 is 0 Å². The maximum absolute atomic E-state index is 13.5. The van der Waals surface area contributed by atoms with Gasteiger partial charge in [-0.15, -0.1) is 11.8 Å². The number of unbranched alkanes of at least 4 members (excludes halogenated alkanes) is 1. The number of halogens is 1. The number of carbonyl (C=O) groups excluding carboxylic acids is 1. The summed E-state index contributed by atoms with van der Waals surface area (Å²) in [5, 5.41) is 3.26. The van der Waals surface area contributed by atoms with Gasteiger partial charge < -0.3 is 10.2 Å². The summed E-state index contributed by atoms with van der Waals surface area (Å²) in [6.45, 7) is 6.29. The zero-order chi connectivity index (χ0) is 15.9. The number of carbonyl (C=O) groups is 1. The molecule has 1 amide bonds. The van der Waals surface area contributed by atoms with Crippen molar-refractivity contribution in [2.75, 3.05) is 25.4 Å². The van der Waals surface area contributed by atoms with Crippen molar-refractivity contribution in [2.24, 2.45) is 0 Å². The maximum Gasteiger partial charge on any atom is 0.236 e. The van der Waals surface area contributed by atoms with Crippen molar-refractivity contribution in [1.82, 2.24) is 10.2 Å². The Hall–Kier alpha value is -1.07. The molecule has 122 valence electrons. The van der Waals surface area contributed by atoms with Gasteiger partial charge in [-0.2, -0.15) is 0 Å². The number of piperazine rings is 1. The Kier molecular flexibility index (Phi) is 6.70. The second-order valence-electron chi connectivity index (χ2n) is 5.67. The molecule has 0 aliphatic carbocycles. The van der Waals surface area contributed by atoms with E-state index >= 15 is 0 Å². The SMILES string of the molecule is CCCCSC(C)C(=O)N1CCNCC1c1cccc(F)c1. The highest BCUT2D eigenvalue weighted by molar-refractivity contribution is 8.00. The summed E-state index contributed by atoms with van der Waals surface area (Å²) in [5.74, 6) is 0.929. The van der Waals surface area contributed by atoms with Crippen molar-refractivity contribution in [3.05, 3.63) is 35.6 Å². The molecule has 1 N–H and O–H groups in total. The van der Waals surface area contributed by atoms with Crippen molar-refractivity contribution in [3.63, 3.8) is 0 Å². The van der Waals surface area contributed by atoms with Crippen LogP contribution in [-0.2, 0) is 4.79 Å². The predicted octanol–water partition coefficient (Wildman–Crippen LogP) is 3.22. The van der Waals surface area contributed by atoms with Gasteiger partial charge in [-0.25, -0.2) is 4.39 Å². The number of benzene rings is 1. The topological polar surface area (TPSA) is 32.3 Å². The fraction of sp³-hybridized carbons (Fsp3) is 0.588. The van der Waals surface area contributed by atoms with Crippen molar-refractivity contribution in [3.8, 4) is 0 Å². The quantitative estimate of drug-likeness (QED) is 0.816. The van der Waals surface area contributed by atoms with Gasteiger partial charge >= 0.3 is 0 Å². The standard InChI is InChI=1S/C17H25FN2OS/c1-3-4-10-22-13(2)17(21)20-9-8-19-12-16(20)14-6-5-7-15(18)11-14/h5-7,11,13,16,19H,3-4,8-10,12H2,1-2H3. The van der Waals surface area contributed by atoms with Crippen LogP contribution in [0.5, 0.6) is 0 Å². The summed E-state index contributed by atoms with van der Waals surface area (Å²) in [4.78, 5) is 14.7. The van der Waals surface area contributed by atoms with Gasteiger partial charge in [0, 0.05) is 19.6 Å². The number of amides is 1. The molecule has 1 aromatic carbocycles. The van der Waals surface area contributed by atoms with E-state index in [1.54, 1.807) is 17.8 Å². The molecule has 22 heavy (non-hydrogen) atoms. The highest BCUT2D eigenvalue weighted by Crippen LogP contribution is 2.26. The van der Waals surface area contributed by atoms with Gasteiger partial charge in [0.25, 0.3) is 0 Å². The van der Waals surface area contributed by atoms with E-state index in [2.05, 4.69) is 12.2 Å². The smallest absolute Gasteiger partial charge is 0.236 e. The first kappa shape index (κ1) is 17.3. The molecule has 2 rings (SSSR count). The van der Waals surface area contributed by atoms with Crippen LogP contribution in [0.3, 0.4) is 0 Å². The Labute approximate surface area is 136 Å². The Morgan fingerprint density at radius 2 is 2.36 bits per heavy atom. The number of thioether (sulfide) groups is 1. The molecule has 0 radical (unpaired) electrons. The Balaban J connectivity index is 2.07. The third-order valence-corrected chi connectivity index (χ3v) is 5.20. The zero-order valence-corrected chi connectivity index (χ0v) is 14.2. The lowest BCUT2D eigenvalue weighted by Gasteiger charge is -2.38. The molecule has 1 aliphatic heterocycles. The molecule has 1 aromatic rings. The molecule has 0 aromatic heterocycles. The van der Waals surface area contributed by atoms with Gasteiger partial charge in [-0.3, -0.25) is 4.79 Å². The minimum absolute atomic E-state index is 0.0410. The lowest BCUT2D eigenvalue weighted by atomic mass is 10.0. The summed E-state index contributed by atoms with van der Waals surface area (Å²) in [6, 6.07) is 6.50. The highest BCUT2D eigenvalue weighted by Gasteiger charge is 2.30. The third kappa shape index (κ3) is 4.46. The second-order valence-corrected chi connectivity index (χ2v) is 7.12. The van der Waals surface area contributed by atoms with Gasteiger partial charge in [0.1, 0.15) is 5.82 Å². The predicted molar refractivity (Wildman–Crippen MR) is 90.6 cm³/mol. The Bertz CT molecular complexity index is 497. The number of hydrogen-bond donors (Lipinski definition) is 1. The second kappa shape index (κ2) is 8.53. The third-order valence-electron chi connectivity index (χ3n) is 3.97. The first-order valence-corrected chi connectivity index (χ1v) is 9.06. The number of hydrogen-bond acceptors (Lipinski definition) is 3. The van der Waals surface area contributed by atoms with E-state index in [1.807, 2.05) is 17.9 Å². The van der Waals surface area contributed by atoms with Gasteiger partial charge in [0.05, 0.1) is 11.3 Å². The highest BCUT2D eigenvalue weighted by atomic mass is 32.2. The van der Waals surface area contributed by atoms with Crippen LogP contribution in [0.1, 0.15) is 38.3 Å². The first-order valence-electron chi connectivity index (χ1n) is 8.01. The van der Waals surface area contributed by atoms with E-state index in [4.69, 9.17) is 0 Å². The molecule has 1 fully saturated rings. The number of nitrogens with zero attached hydrogens (tertiary/aromatic N) is 1. The van der Waals surface area contributed by atoms with E-state index in [-0.39, 0.29) is 23.0 Å². The monoisotopic (exact) mass is 324 g/mol. The average molecular weight is 324 g/mol. The normalized spacial score (nSPS) is 20.0. The lowest BCUT2D eigenvalue weighted by molar-refractivity contribution is -0.133. The molecule has 0 saturated carbocycles. The summed E-state index contributed by atoms with van der Waals surface area (Å²) in [5.41, 5.74) is 0.867. The fourth-order valence-corrected chi connectivity index (χ4v) is 3.78.